The molecule has 0 aromatic heterocycles. The first kappa shape index (κ1) is 24.2. The van der Waals surface area contributed by atoms with Gasteiger partial charge in [-0.1, -0.05) is 52.3 Å². The lowest BCUT2D eigenvalue weighted by atomic mass is 9.95. The summed E-state index contributed by atoms with van der Waals surface area (Å²) in [6.07, 6.45) is 1.47. The van der Waals surface area contributed by atoms with E-state index in [0.29, 0.717) is 51.3 Å². The molecular weight excluding hydrogens is 588 g/mol. The molecule has 1 heterocycles. The first-order valence-corrected chi connectivity index (χ1v) is 12.8. The Hall–Kier alpha value is -3.49. The van der Waals surface area contributed by atoms with Crippen LogP contribution in [-0.2, 0) is 6.61 Å². The molecule has 0 spiro atoms. The molecule has 180 valence electrons. The van der Waals surface area contributed by atoms with E-state index >= 15 is 0 Å². The van der Waals surface area contributed by atoms with E-state index < -0.39 is 11.8 Å². The van der Waals surface area contributed by atoms with Crippen molar-refractivity contribution < 1.29 is 19.1 Å². The molecular formula is C28H20Br2N2O4. The summed E-state index contributed by atoms with van der Waals surface area (Å²) in [4.78, 5) is 26.2. The second-order valence-electron chi connectivity index (χ2n) is 8.05. The minimum absolute atomic E-state index is 0.362. The lowest BCUT2D eigenvalue weighted by molar-refractivity contribution is 0.0616. The predicted octanol–water partition coefficient (Wildman–Crippen LogP) is 6.97. The van der Waals surface area contributed by atoms with Gasteiger partial charge in [0.25, 0.3) is 11.8 Å². The van der Waals surface area contributed by atoms with Gasteiger partial charge in [0.05, 0.1) is 28.4 Å². The summed E-state index contributed by atoms with van der Waals surface area (Å²) >= 11 is 7.00. The molecule has 1 aliphatic heterocycles. The molecule has 0 unspecified atom stereocenters. The Morgan fingerprint density at radius 1 is 0.889 bits per heavy atom. The van der Waals surface area contributed by atoms with Gasteiger partial charge in [0.2, 0.25) is 0 Å². The van der Waals surface area contributed by atoms with Gasteiger partial charge in [0, 0.05) is 9.86 Å². The Balaban J connectivity index is 1.42. The highest BCUT2D eigenvalue weighted by molar-refractivity contribution is 9.10. The molecule has 36 heavy (non-hydrogen) atoms. The molecule has 0 bridgehead atoms. The first-order chi connectivity index (χ1) is 17.5. The van der Waals surface area contributed by atoms with Crippen molar-refractivity contribution in [3.8, 4) is 11.5 Å². The fraction of sp³-hybridized carbons (Fsp3) is 0.107. The summed E-state index contributed by atoms with van der Waals surface area (Å²) < 4.78 is 13.5. The zero-order valence-electron chi connectivity index (χ0n) is 19.2. The molecule has 0 N–H and O–H groups in total. The summed E-state index contributed by atoms with van der Waals surface area (Å²) in [7, 11) is 0. The minimum Gasteiger partial charge on any atom is -0.490 e. The van der Waals surface area contributed by atoms with E-state index in [1.807, 2.05) is 43.3 Å². The second-order valence-corrected chi connectivity index (χ2v) is 9.82. The number of nitrogens with zero attached hydrogens (tertiary/aromatic N) is 2. The van der Waals surface area contributed by atoms with Crippen LogP contribution in [0.4, 0.5) is 0 Å². The number of halogens is 2. The van der Waals surface area contributed by atoms with Crippen molar-refractivity contribution in [2.45, 2.75) is 13.5 Å². The summed E-state index contributed by atoms with van der Waals surface area (Å²) in [6.45, 7) is 2.68. The average Bonchev–Trinajstić information content (AvgIpc) is 2.88. The van der Waals surface area contributed by atoms with E-state index in [9.17, 15) is 9.59 Å². The van der Waals surface area contributed by atoms with E-state index in [1.54, 1.807) is 36.4 Å². The Bertz CT molecular complexity index is 1470. The van der Waals surface area contributed by atoms with E-state index in [4.69, 9.17) is 9.47 Å². The molecule has 0 aliphatic carbocycles. The van der Waals surface area contributed by atoms with Gasteiger partial charge in [-0.3, -0.25) is 9.59 Å². The Morgan fingerprint density at radius 3 is 2.19 bits per heavy atom. The molecule has 0 fully saturated rings. The van der Waals surface area contributed by atoms with Crippen molar-refractivity contribution in [3.05, 3.63) is 104 Å². The number of imide groups is 1. The Morgan fingerprint density at radius 2 is 1.56 bits per heavy atom. The second kappa shape index (κ2) is 10.2. The average molecular weight is 608 g/mol. The molecule has 4 aromatic rings. The Labute approximate surface area is 224 Å². The van der Waals surface area contributed by atoms with Crippen LogP contribution < -0.4 is 9.47 Å². The van der Waals surface area contributed by atoms with Crippen molar-refractivity contribution in [2.75, 3.05) is 6.61 Å². The van der Waals surface area contributed by atoms with Crippen LogP contribution in [0, 0.1) is 0 Å². The van der Waals surface area contributed by atoms with E-state index in [2.05, 4.69) is 37.0 Å². The smallest absolute Gasteiger partial charge is 0.282 e. The molecule has 0 atom stereocenters. The highest BCUT2D eigenvalue weighted by atomic mass is 79.9. The normalized spacial score (nSPS) is 13.0. The van der Waals surface area contributed by atoms with Gasteiger partial charge >= 0.3 is 0 Å². The van der Waals surface area contributed by atoms with Gasteiger partial charge in [-0.05, 0) is 75.8 Å². The largest absolute Gasteiger partial charge is 0.490 e. The number of benzene rings is 4. The third-order valence-corrected chi connectivity index (χ3v) is 6.82. The maximum absolute atomic E-state index is 13.1. The van der Waals surface area contributed by atoms with Crippen LogP contribution in [0.3, 0.4) is 0 Å². The first-order valence-electron chi connectivity index (χ1n) is 11.2. The number of amides is 2. The van der Waals surface area contributed by atoms with Crippen molar-refractivity contribution >= 4 is 60.7 Å². The van der Waals surface area contributed by atoms with Gasteiger partial charge in [0.1, 0.15) is 6.61 Å². The molecule has 0 saturated carbocycles. The zero-order chi connectivity index (χ0) is 25.2. The predicted molar refractivity (Wildman–Crippen MR) is 146 cm³/mol. The van der Waals surface area contributed by atoms with Crippen LogP contribution in [-0.4, -0.2) is 29.6 Å². The van der Waals surface area contributed by atoms with Crippen LogP contribution in [0.25, 0.3) is 10.8 Å². The van der Waals surface area contributed by atoms with Crippen LogP contribution >= 0.6 is 31.9 Å². The topological polar surface area (TPSA) is 68.2 Å². The third kappa shape index (κ3) is 4.66. The van der Waals surface area contributed by atoms with Gasteiger partial charge < -0.3 is 9.47 Å². The van der Waals surface area contributed by atoms with Crippen LogP contribution in [0.1, 0.15) is 38.8 Å². The summed E-state index contributed by atoms with van der Waals surface area (Å²) in [5.74, 6) is 0.165. The molecule has 2 amide bonds. The minimum atomic E-state index is -0.459. The number of ether oxygens (including phenoxy) is 2. The van der Waals surface area contributed by atoms with Gasteiger partial charge in [0.15, 0.2) is 11.5 Å². The van der Waals surface area contributed by atoms with Crippen molar-refractivity contribution in [1.82, 2.24) is 5.01 Å². The number of hydrogen-bond acceptors (Lipinski definition) is 5. The van der Waals surface area contributed by atoms with Gasteiger partial charge in [-0.25, -0.2) is 0 Å². The highest BCUT2D eigenvalue weighted by Crippen LogP contribution is 2.37. The lowest BCUT2D eigenvalue weighted by Crippen LogP contribution is -2.36. The van der Waals surface area contributed by atoms with E-state index in [0.717, 1.165) is 20.4 Å². The standard InChI is InChI=1S/C28H20Br2N2O4/c1-2-35-24-14-18(13-23(30)26(24)36-16-17-9-11-20(29)12-10-17)15-31-32-27(33)21-7-3-5-19-6-4-8-22(25(19)21)28(32)34/h3-15H,2,16H2,1H3/b31-15-. The summed E-state index contributed by atoms with van der Waals surface area (Å²) in [5, 5.41) is 6.68. The van der Waals surface area contributed by atoms with Gasteiger partial charge in [-0.2, -0.15) is 10.1 Å². The SMILES string of the molecule is CCOc1cc(/C=N\N2C(=O)c3cccc4cccc(c34)C2=O)cc(Br)c1OCc1ccc(Br)cc1. The lowest BCUT2D eigenvalue weighted by Gasteiger charge is -2.23. The molecule has 6 nitrogen and oxygen atoms in total. The molecule has 0 saturated heterocycles. The van der Waals surface area contributed by atoms with Crippen LogP contribution in [0.2, 0.25) is 0 Å². The number of rotatable bonds is 7. The third-order valence-electron chi connectivity index (χ3n) is 5.70. The highest BCUT2D eigenvalue weighted by Gasteiger charge is 2.32. The van der Waals surface area contributed by atoms with Crippen molar-refractivity contribution in [3.63, 3.8) is 0 Å². The number of hydrazone groups is 1. The molecule has 0 radical (unpaired) electrons. The fourth-order valence-corrected chi connectivity index (χ4v) is 4.89. The monoisotopic (exact) mass is 606 g/mol. The summed E-state index contributed by atoms with van der Waals surface area (Å²) in [5.41, 5.74) is 2.55. The molecule has 5 rings (SSSR count). The number of carbonyl (C=O) groups excluding carboxylic acids is 2. The Kier molecular flexibility index (Phi) is 6.89. The quantitative estimate of drug-likeness (QED) is 0.168. The number of carbonyl (C=O) groups is 2. The maximum atomic E-state index is 13.1. The van der Waals surface area contributed by atoms with Gasteiger partial charge in [-0.15, -0.1) is 0 Å². The van der Waals surface area contributed by atoms with Crippen LogP contribution in [0.15, 0.2) is 86.8 Å². The van der Waals surface area contributed by atoms with Crippen LogP contribution in [0.5, 0.6) is 11.5 Å². The van der Waals surface area contributed by atoms with Crippen molar-refractivity contribution in [2.24, 2.45) is 5.10 Å². The molecule has 8 heteroatoms. The van der Waals surface area contributed by atoms with E-state index in [-0.39, 0.29) is 0 Å². The fourth-order valence-electron chi connectivity index (χ4n) is 4.05. The zero-order valence-corrected chi connectivity index (χ0v) is 22.4. The van der Waals surface area contributed by atoms with Crippen molar-refractivity contribution in [1.29, 1.82) is 0 Å². The molecule has 4 aromatic carbocycles. The maximum Gasteiger partial charge on any atom is 0.282 e. The van der Waals surface area contributed by atoms with E-state index in [1.165, 1.54) is 6.21 Å². The molecule has 1 aliphatic rings. The summed E-state index contributed by atoms with van der Waals surface area (Å²) in [6, 6.07) is 22.2. The number of hydrogen-bond donors (Lipinski definition) is 0.